The van der Waals surface area contributed by atoms with Gasteiger partial charge in [-0.25, -0.2) is 4.39 Å². The highest BCUT2D eigenvalue weighted by Crippen LogP contribution is 2.39. The fourth-order valence-electron chi connectivity index (χ4n) is 4.23. The summed E-state index contributed by atoms with van der Waals surface area (Å²) < 4.78 is 13.8. The molecule has 4 heteroatoms. The zero-order chi connectivity index (χ0) is 14.8. The predicted octanol–water partition coefficient (Wildman–Crippen LogP) is 4.13. The predicted molar refractivity (Wildman–Crippen MR) is 84.9 cm³/mol. The Kier molecular flexibility index (Phi) is 4.82. The quantitative estimate of drug-likeness (QED) is 0.906. The maximum absolute atomic E-state index is 13.8. The van der Waals surface area contributed by atoms with Gasteiger partial charge in [-0.3, -0.25) is 4.90 Å². The van der Waals surface area contributed by atoms with E-state index in [1.54, 1.807) is 12.1 Å². The first kappa shape index (κ1) is 15.3. The summed E-state index contributed by atoms with van der Waals surface area (Å²) in [5.41, 5.74) is 7.00. The van der Waals surface area contributed by atoms with Crippen LogP contribution in [0.3, 0.4) is 0 Å². The molecule has 0 aromatic heterocycles. The van der Waals surface area contributed by atoms with E-state index in [4.69, 9.17) is 17.3 Å². The Labute approximate surface area is 131 Å². The molecule has 2 nitrogen and oxygen atoms in total. The van der Waals surface area contributed by atoms with E-state index in [1.807, 2.05) is 6.07 Å². The van der Waals surface area contributed by atoms with Crippen molar-refractivity contribution in [2.45, 2.75) is 50.6 Å². The summed E-state index contributed by atoms with van der Waals surface area (Å²) in [6, 6.07) is 5.87. The van der Waals surface area contributed by atoms with Crippen LogP contribution in [0, 0.1) is 11.7 Å². The van der Waals surface area contributed by atoms with Crippen LogP contribution in [0.25, 0.3) is 0 Å². The molecule has 116 valence electrons. The van der Waals surface area contributed by atoms with Gasteiger partial charge in [0, 0.05) is 18.6 Å². The first-order valence-corrected chi connectivity index (χ1v) is 8.49. The molecule has 3 rings (SSSR count). The van der Waals surface area contributed by atoms with Gasteiger partial charge in [0.15, 0.2) is 0 Å². The molecule has 1 aliphatic carbocycles. The molecule has 1 aromatic carbocycles. The van der Waals surface area contributed by atoms with Crippen LogP contribution in [0.4, 0.5) is 4.39 Å². The van der Waals surface area contributed by atoms with E-state index >= 15 is 0 Å². The number of hydrogen-bond donors (Lipinski definition) is 1. The molecule has 1 saturated heterocycles. The Bertz CT molecular complexity index is 488. The van der Waals surface area contributed by atoms with Crippen molar-refractivity contribution in [1.82, 2.24) is 4.90 Å². The second-order valence-electron chi connectivity index (χ2n) is 6.42. The van der Waals surface area contributed by atoms with Crippen molar-refractivity contribution in [3.8, 4) is 0 Å². The summed E-state index contributed by atoms with van der Waals surface area (Å²) in [6.07, 6.45) is 7.89. The molecule has 2 unspecified atom stereocenters. The van der Waals surface area contributed by atoms with Gasteiger partial charge in [-0.05, 0) is 55.8 Å². The van der Waals surface area contributed by atoms with Gasteiger partial charge in [0.2, 0.25) is 0 Å². The highest BCUT2D eigenvalue weighted by molar-refractivity contribution is 6.30. The average Bonchev–Trinajstić information content (AvgIpc) is 3.14. The van der Waals surface area contributed by atoms with Crippen molar-refractivity contribution in [3.05, 3.63) is 34.6 Å². The van der Waals surface area contributed by atoms with Gasteiger partial charge in [0.05, 0.1) is 5.02 Å². The maximum Gasteiger partial charge on any atom is 0.142 e. The molecule has 0 bridgehead atoms. The largest absolute Gasteiger partial charge is 0.329 e. The minimum atomic E-state index is -0.343. The molecule has 0 radical (unpaired) electrons. The topological polar surface area (TPSA) is 29.3 Å². The molecule has 2 N–H and O–H groups in total. The van der Waals surface area contributed by atoms with Crippen LogP contribution in [0.15, 0.2) is 18.2 Å². The fraction of sp³-hybridized carbons (Fsp3) is 0.647. The van der Waals surface area contributed by atoms with Gasteiger partial charge in [-0.1, -0.05) is 30.5 Å². The fourth-order valence-corrected chi connectivity index (χ4v) is 4.35. The Morgan fingerprint density at radius 1 is 1.24 bits per heavy atom. The van der Waals surface area contributed by atoms with Crippen LogP contribution in [0.2, 0.25) is 5.02 Å². The molecule has 1 aromatic rings. The second-order valence-corrected chi connectivity index (χ2v) is 6.82. The van der Waals surface area contributed by atoms with E-state index in [-0.39, 0.29) is 16.9 Å². The standard InChI is InChI=1S/C17H24ClFN2/c18-14-8-7-13(10-15(14)19)17(11-20)21-9-3-6-16(21)12-4-1-2-5-12/h7-8,10,12,16-17H,1-6,9,11,20H2. The Morgan fingerprint density at radius 3 is 2.67 bits per heavy atom. The van der Waals surface area contributed by atoms with Crippen molar-refractivity contribution in [1.29, 1.82) is 0 Å². The Balaban J connectivity index is 1.82. The molecule has 2 fully saturated rings. The van der Waals surface area contributed by atoms with Gasteiger partial charge in [-0.2, -0.15) is 0 Å². The number of nitrogens with two attached hydrogens (primary N) is 1. The first-order chi connectivity index (χ1) is 10.2. The van der Waals surface area contributed by atoms with Crippen molar-refractivity contribution >= 4 is 11.6 Å². The van der Waals surface area contributed by atoms with Crippen molar-refractivity contribution in [2.75, 3.05) is 13.1 Å². The SMILES string of the molecule is NCC(c1ccc(Cl)c(F)c1)N1CCCC1C1CCCC1. The zero-order valence-corrected chi connectivity index (χ0v) is 13.2. The Morgan fingerprint density at radius 2 is 2.00 bits per heavy atom. The number of likely N-dealkylation sites (tertiary alicyclic amines) is 1. The third-order valence-corrected chi connectivity index (χ3v) is 5.54. The zero-order valence-electron chi connectivity index (χ0n) is 12.4. The normalized spacial score (nSPS) is 25.6. The van der Waals surface area contributed by atoms with E-state index < -0.39 is 0 Å². The number of halogens is 2. The number of benzene rings is 1. The van der Waals surface area contributed by atoms with Crippen molar-refractivity contribution in [3.63, 3.8) is 0 Å². The average molecular weight is 311 g/mol. The lowest BCUT2D eigenvalue weighted by Crippen LogP contribution is -2.40. The first-order valence-electron chi connectivity index (χ1n) is 8.11. The van der Waals surface area contributed by atoms with Crippen LogP contribution in [-0.2, 0) is 0 Å². The minimum Gasteiger partial charge on any atom is -0.329 e. The van der Waals surface area contributed by atoms with E-state index in [2.05, 4.69) is 4.90 Å². The van der Waals surface area contributed by atoms with Gasteiger partial charge in [-0.15, -0.1) is 0 Å². The smallest absolute Gasteiger partial charge is 0.142 e. The molecule has 21 heavy (non-hydrogen) atoms. The molecule has 1 heterocycles. The summed E-state index contributed by atoms with van der Waals surface area (Å²) in [7, 11) is 0. The van der Waals surface area contributed by atoms with Gasteiger partial charge < -0.3 is 5.73 Å². The highest BCUT2D eigenvalue weighted by Gasteiger charge is 2.37. The summed E-state index contributed by atoms with van der Waals surface area (Å²) in [6.45, 7) is 1.61. The monoisotopic (exact) mass is 310 g/mol. The third-order valence-electron chi connectivity index (χ3n) is 5.24. The second kappa shape index (κ2) is 6.64. The molecular formula is C17H24ClFN2. The molecule has 0 spiro atoms. The number of hydrogen-bond acceptors (Lipinski definition) is 2. The van der Waals surface area contributed by atoms with Gasteiger partial charge >= 0.3 is 0 Å². The lowest BCUT2D eigenvalue weighted by Gasteiger charge is -2.36. The van der Waals surface area contributed by atoms with E-state index in [0.717, 1.165) is 18.0 Å². The van der Waals surface area contributed by atoms with E-state index in [1.165, 1.54) is 38.5 Å². The summed E-state index contributed by atoms with van der Waals surface area (Å²) in [4.78, 5) is 2.53. The molecule has 2 aliphatic rings. The van der Waals surface area contributed by atoms with Crippen molar-refractivity contribution in [2.24, 2.45) is 11.7 Å². The third kappa shape index (κ3) is 3.10. The minimum absolute atomic E-state index is 0.116. The van der Waals surface area contributed by atoms with Crippen molar-refractivity contribution < 1.29 is 4.39 Å². The maximum atomic E-state index is 13.8. The van der Waals surface area contributed by atoms with E-state index in [9.17, 15) is 4.39 Å². The van der Waals surface area contributed by atoms with Crippen LogP contribution in [-0.4, -0.2) is 24.0 Å². The molecule has 0 amide bonds. The molecule has 1 saturated carbocycles. The molecule has 2 atom stereocenters. The number of rotatable bonds is 4. The molecular weight excluding hydrogens is 287 g/mol. The van der Waals surface area contributed by atoms with Crippen LogP contribution < -0.4 is 5.73 Å². The van der Waals surface area contributed by atoms with Gasteiger partial charge in [0.25, 0.3) is 0 Å². The summed E-state index contributed by atoms with van der Waals surface area (Å²) in [5, 5.41) is 0.184. The lowest BCUT2D eigenvalue weighted by atomic mass is 9.94. The molecule has 1 aliphatic heterocycles. The Hall–Kier alpha value is -0.640. The van der Waals surface area contributed by atoms with E-state index in [0.29, 0.717) is 12.6 Å². The van der Waals surface area contributed by atoms with Crippen LogP contribution in [0.5, 0.6) is 0 Å². The van der Waals surface area contributed by atoms with Crippen LogP contribution in [0.1, 0.15) is 50.1 Å². The van der Waals surface area contributed by atoms with Gasteiger partial charge in [0.1, 0.15) is 5.82 Å². The number of nitrogens with zero attached hydrogens (tertiary/aromatic N) is 1. The highest BCUT2D eigenvalue weighted by atomic mass is 35.5. The van der Waals surface area contributed by atoms with Crippen LogP contribution >= 0.6 is 11.6 Å². The summed E-state index contributed by atoms with van der Waals surface area (Å²) >= 11 is 5.80. The summed E-state index contributed by atoms with van der Waals surface area (Å²) in [5.74, 6) is 0.461. The lowest BCUT2D eigenvalue weighted by molar-refractivity contribution is 0.138.